The fraction of sp³-hybridized carbons (Fsp3) is 0.125. The van der Waals surface area contributed by atoms with Gasteiger partial charge in [0.1, 0.15) is 0 Å². The molecule has 0 aliphatic rings. The quantitative estimate of drug-likeness (QED) is 0.386. The number of phenolic OH excluding ortho intramolecular Hbond substituents is 2. The maximum absolute atomic E-state index is 10.3. The zero-order chi connectivity index (χ0) is 10.0. The molecule has 70 valence electrons. The van der Waals surface area contributed by atoms with Crippen LogP contribution in [0.25, 0.3) is 0 Å². The molecule has 0 aliphatic carbocycles. The molecule has 0 radical (unpaired) electrons. The fourth-order valence-corrected chi connectivity index (χ4v) is 0.936. The summed E-state index contributed by atoms with van der Waals surface area (Å²) in [4.78, 5) is 10.3. The molecule has 0 heterocycles. The lowest BCUT2D eigenvalue weighted by Crippen LogP contribution is -1.90. The molecule has 0 aliphatic heterocycles. The number of hydrogen-bond acceptors (Lipinski definition) is 5. The van der Waals surface area contributed by atoms with Gasteiger partial charge in [0.05, 0.1) is 12.2 Å². The van der Waals surface area contributed by atoms with Gasteiger partial charge in [-0.25, -0.2) is 0 Å². The van der Waals surface area contributed by atoms with E-state index in [0.717, 1.165) is 6.07 Å². The number of aliphatic hydroxyl groups excluding tert-OH is 1. The highest BCUT2D eigenvalue weighted by atomic mass is 16.3. The zero-order valence-electron chi connectivity index (χ0n) is 6.56. The first-order chi connectivity index (χ1) is 6.11. The molecule has 4 N–H and O–H groups in total. The predicted molar refractivity (Wildman–Crippen MR) is 42.7 cm³/mol. The van der Waals surface area contributed by atoms with Gasteiger partial charge in [-0.3, -0.25) is 4.79 Å². The largest absolute Gasteiger partial charge is 0.504 e. The van der Waals surface area contributed by atoms with Crippen molar-refractivity contribution < 1.29 is 25.2 Å². The van der Waals surface area contributed by atoms with Crippen LogP contribution in [0.1, 0.15) is 15.9 Å². The molecule has 5 nitrogen and oxygen atoms in total. The normalized spacial score (nSPS) is 9.92. The summed E-state index contributed by atoms with van der Waals surface area (Å²) in [6, 6.07) is 1.09. The maximum atomic E-state index is 10.3. The van der Waals surface area contributed by atoms with Crippen LogP contribution in [-0.4, -0.2) is 26.7 Å². The zero-order valence-corrected chi connectivity index (χ0v) is 6.56. The van der Waals surface area contributed by atoms with Crippen molar-refractivity contribution in [3.63, 3.8) is 0 Å². The molecular formula is C8H8O5. The third-order valence-electron chi connectivity index (χ3n) is 1.65. The molecule has 0 spiro atoms. The Morgan fingerprint density at radius 1 is 1.15 bits per heavy atom. The molecule has 1 aromatic carbocycles. The molecule has 1 aromatic rings. The molecule has 0 bridgehead atoms. The Hall–Kier alpha value is -1.75. The minimum Gasteiger partial charge on any atom is -0.504 e. The first kappa shape index (κ1) is 9.34. The Kier molecular flexibility index (Phi) is 2.39. The lowest BCUT2D eigenvalue weighted by atomic mass is 10.1. The summed E-state index contributed by atoms with van der Waals surface area (Å²) in [5.74, 6) is -2.11. The van der Waals surface area contributed by atoms with E-state index in [1.165, 1.54) is 0 Å². The van der Waals surface area contributed by atoms with Gasteiger partial charge >= 0.3 is 0 Å². The first-order valence-corrected chi connectivity index (χ1v) is 3.44. The average molecular weight is 184 g/mol. The van der Waals surface area contributed by atoms with Gasteiger partial charge in [-0.05, 0) is 6.07 Å². The monoisotopic (exact) mass is 184 g/mol. The summed E-state index contributed by atoms with van der Waals surface area (Å²) in [5, 5.41) is 35.9. The van der Waals surface area contributed by atoms with E-state index < -0.39 is 23.9 Å². The SMILES string of the molecule is O=Cc1cc(CO)c(O)c(O)c1O. The van der Waals surface area contributed by atoms with Crippen molar-refractivity contribution in [1.82, 2.24) is 0 Å². The van der Waals surface area contributed by atoms with Crippen LogP contribution in [0.2, 0.25) is 0 Å². The second-order valence-electron chi connectivity index (χ2n) is 2.45. The Labute approximate surface area is 73.5 Å². The van der Waals surface area contributed by atoms with E-state index in [4.69, 9.17) is 20.4 Å². The summed E-state index contributed by atoms with van der Waals surface area (Å²) in [5.41, 5.74) is -0.197. The van der Waals surface area contributed by atoms with Crippen molar-refractivity contribution in [2.75, 3.05) is 0 Å². The average Bonchev–Trinajstić information content (AvgIpc) is 2.15. The Balaban J connectivity index is 3.45. The Morgan fingerprint density at radius 3 is 2.23 bits per heavy atom. The molecule has 0 atom stereocenters. The molecule has 0 saturated carbocycles. The van der Waals surface area contributed by atoms with Crippen molar-refractivity contribution in [1.29, 1.82) is 0 Å². The molecule has 1 rings (SSSR count). The van der Waals surface area contributed by atoms with Crippen LogP contribution in [0.15, 0.2) is 6.07 Å². The number of benzene rings is 1. The lowest BCUT2D eigenvalue weighted by Gasteiger charge is -2.06. The van der Waals surface area contributed by atoms with Crippen LogP contribution >= 0.6 is 0 Å². The third-order valence-corrected chi connectivity index (χ3v) is 1.65. The first-order valence-electron chi connectivity index (χ1n) is 3.44. The van der Waals surface area contributed by atoms with E-state index in [1.54, 1.807) is 0 Å². The molecule has 0 amide bonds. The summed E-state index contributed by atoms with van der Waals surface area (Å²) < 4.78 is 0. The van der Waals surface area contributed by atoms with Crippen molar-refractivity contribution in [3.05, 3.63) is 17.2 Å². The van der Waals surface area contributed by atoms with Crippen molar-refractivity contribution in [2.24, 2.45) is 0 Å². The maximum Gasteiger partial charge on any atom is 0.201 e. The van der Waals surface area contributed by atoms with Crippen LogP contribution < -0.4 is 0 Å². The predicted octanol–water partition coefficient (Wildman–Crippen LogP) is 0.108. The van der Waals surface area contributed by atoms with E-state index in [1.807, 2.05) is 0 Å². The Morgan fingerprint density at radius 2 is 1.77 bits per heavy atom. The molecule has 5 heteroatoms. The number of carbonyl (C=O) groups excluding carboxylic acids is 1. The third kappa shape index (κ3) is 1.41. The highest BCUT2D eigenvalue weighted by Crippen LogP contribution is 2.39. The lowest BCUT2D eigenvalue weighted by molar-refractivity contribution is 0.112. The van der Waals surface area contributed by atoms with Gasteiger partial charge in [-0.15, -0.1) is 0 Å². The molecule has 0 fully saturated rings. The highest BCUT2D eigenvalue weighted by Gasteiger charge is 2.15. The number of rotatable bonds is 2. The van der Waals surface area contributed by atoms with Gasteiger partial charge < -0.3 is 20.4 Å². The van der Waals surface area contributed by atoms with Gasteiger partial charge in [0.25, 0.3) is 0 Å². The van der Waals surface area contributed by atoms with E-state index in [2.05, 4.69) is 0 Å². The van der Waals surface area contributed by atoms with Gasteiger partial charge in [0.15, 0.2) is 17.8 Å². The van der Waals surface area contributed by atoms with Crippen LogP contribution in [-0.2, 0) is 6.61 Å². The summed E-state index contributed by atoms with van der Waals surface area (Å²) in [6.07, 6.45) is 0.313. The second-order valence-corrected chi connectivity index (χ2v) is 2.45. The van der Waals surface area contributed by atoms with E-state index in [-0.39, 0.29) is 11.1 Å². The van der Waals surface area contributed by atoms with Gasteiger partial charge in [0, 0.05) is 5.56 Å². The molecular weight excluding hydrogens is 176 g/mol. The fourth-order valence-electron chi connectivity index (χ4n) is 0.936. The molecule has 13 heavy (non-hydrogen) atoms. The van der Waals surface area contributed by atoms with Crippen LogP contribution in [0.3, 0.4) is 0 Å². The summed E-state index contributed by atoms with van der Waals surface area (Å²) in [7, 11) is 0. The minimum absolute atomic E-state index is 0.0163. The number of phenols is 3. The highest BCUT2D eigenvalue weighted by molar-refractivity contribution is 5.82. The van der Waals surface area contributed by atoms with Gasteiger partial charge in [-0.1, -0.05) is 0 Å². The van der Waals surface area contributed by atoms with Crippen LogP contribution in [0, 0.1) is 0 Å². The molecule has 0 aromatic heterocycles. The Bertz CT molecular complexity index is 345. The topological polar surface area (TPSA) is 98.0 Å². The van der Waals surface area contributed by atoms with Crippen molar-refractivity contribution in [2.45, 2.75) is 6.61 Å². The summed E-state index contributed by atoms with van der Waals surface area (Å²) in [6.45, 7) is -0.527. The van der Waals surface area contributed by atoms with E-state index in [0.29, 0.717) is 6.29 Å². The van der Waals surface area contributed by atoms with Gasteiger partial charge in [0.2, 0.25) is 5.75 Å². The second kappa shape index (κ2) is 3.32. The smallest absolute Gasteiger partial charge is 0.201 e. The van der Waals surface area contributed by atoms with E-state index >= 15 is 0 Å². The van der Waals surface area contributed by atoms with Gasteiger partial charge in [-0.2, -0.15) is 0 Å². The van der Waals surface area contributed by atoms with Crippen LogP contribution in [0.5, 0.6) is 17.2 Å². The molecule has 0 unspecified atom stereocenters. The van der Waals surface area contributed by atoms with E-state index in [9.17, 15) is 4.79 Å². The minimum atomic E-state index is -0.798. The standard InChI is InChI=1S/C8H8O5/c9-2-4-1-5(3-10)7(12)8(13)6(4)11/h1-2,10-13H,3H2. The number of aromatic hydroxyl groups is 3. The van der Waals surface area contributed by atoms with Crippen molar-refractivity contribution >= 4 is 6.29 Å². The number of carbonyl (C=O) groups is 1. The van der Waals surface area contributed by atoms with Crippen LogP contribution in [0.4, 0.5) is 0 Å². The number of aldehydes is 1. The number of aliphatic hydroxyl groups is 1. The molecule has 0 saturated heterocycles. The summed E-state index contributed by atoms with van der Waals surface area (Å²) >= 11 is 0. The number of hydrogen-bond donors (Lipinski definition) is 4. The van der Waals surface area contributed by atoms with Crippen molar-refractivity contribution in [3.8, 4) is 17.2 Å².